The largest absolute Gasteiger partial charge is 0.399 e. The minimum Gasteiger partial charge on any atom is -0.399 e. The summed E-state index contributed by atoms with van der Waals surface area (Å²) in [5.41, 5.74) is 7.77. The SMILES string of the molecule is CCc1nc(NC(=O)c2cc(N)ccc2Br)sc1C. The minimum atomic E-state index is -0.212. The Balaban J connectivity index is 2.22. The van der Waals surface area contributed by atoms with Crippen LogP contribution >= 0.6 is 27.3 Å². The highest BCUT2D eigenvalue weighted by molar-refractivity contribution is 9.10. The van der Waals surface area contributed by atoms with E-state index in [0.29, 0.717) is 20.9 Å². The fourth-order valence-corrected chi connectivity index (χ4v) is 3.01. The van der Waals surface area contributed by atoms with E-state index >= 15 is 0 Å². The van der Waals surface area contributed by atoms with Crippen LogP contribution in [0.2, 0.25) is 0 Å². The van der Waals surface area contributed by atoms with Crippen LogP contribution < -0.4 is 11.1 Å². The Morgan fingerprint density at radius 2 is 2.26 bits per heavy atom. The van der Waals surface area contributed by atoms with E-state index in [-0.39, 0.29) is 5.91 Å². The molecule has 1 aromatic carbocycles. The van der Waals surface area contributed by atoms with Crippen LogP contribution in [0.4, 0.5) is 10.8 Å². The lowest BCUT2D eigenvalue weighted by Crippen LogP contribution is -2.12. The van der Waals surface area contributed by atoms with Gasteiger partial charge in [0, 0.05) is 15.0 Å². The number of thiazole rings is 1. The van der Waals surface area contributed by atoms with Gasteiger partial charge in [0.15, 0.2) is 5.13 Å². The van der Waals surface area contributed by atoms with E-state index in [1.54, 1.807) is 18.2 Å². The first-order valence-corrected chi connectivity index (χ1v) is 7.45. The van der Waals surface area contributed by atoms with Gasteiger partial charge in [-0.25, -0.2) is 4.98 Å². The molecule has 0 saturated heterocycles. The number of carbonyl (C=O) groups excluding carboxylic acids is 1. The number of carbonyl (C=O) groups is 1. The molecule has 1 heterocycles. The van der Waals surface area contributed by atoms with E-state index in [1.165, 1.54) is 11.3 Å². The molecule has 2 aromatic rings. The monoisotopic (exact) mass is 339 g/mol. The molecular formula is C13H14BrN3OS. The number of benzene rings is 1. The fourth-order valence-electron chi connectivity index (χ4n) is 1.69. The Hall–Kier alpha value is -1.40. The lowest BCUT2D eigenvalue weighted by Gasteiger charge is -2.05. The van der Waals surface area contributed by atoms with Gasteiger partial charge in [0.25, 0.3) is 5.91 Å². The molecule has 6 heteroatoms. The second-order valence-corrected chi connectivity index (χ2v) is 6.13. The predicted octanol–water partition coefficient (Wildman–Crippen LogP) is 3.61. The molecule has 3 N–H and O–H groups in total. The quantitative estimate of drug-likeness (QED) is 0.839. The summed E-state index contributed by atoms with van der Waals surface area (Å²) >= 11 is 4.83. The number of aryl methyl sites for hydroxylation is 2. The maximum Gasteiger partial charge on any atom is 0.258 e. The van der Waals surface area contributed by atoms with Gasteiger partial charge in [-0.15, -0.1) is 11.3 Å². The maximum atomic E-state index is 12.2. The third kappa shape index (κ3) is 3.13. The average Bonchev–Trinajstić information content (AvgIpc) is 2.72. The molecule has 0 atom stereocenters. The number of nitrogen functional groups attached to an aromatic ring is 1. The van der Waals surface area contributed by atoms with Crippen molar-refractivity contribution in [2.24, 2.45) is 0 Å². The van der Waals surface area contributed by atoms with Crippen molar-refractivity contribution in [2.75, 3.05) is 11.1 Å². The van der Waals surface area contributed by atoms with Gasteiger partial charge in [0.1, 0.15) is 0 Å². The zero-order valence-corrected chi connectivity index (χ0v) is 13.1. The second kappa shape index (κ2) is 5.71. The number of aromatic nitrogens is 1. The van der Waals surface area contributed by atoms with E-state index in [2.05, 4.69) is 26.2 Å². The Bertz CT molecular complexity index is 624. The van der Waals surface area contributed by atoms with Gasteiger partial charge in [-0.1, -0.05) is 6.92 Å². The van der Waals surface area contributed by atoms with Gasteiger partial charge in [-0.3, -0.25) is 10.1 Å². The third-order valence-electron chi connectivity index (χ3n) is 2.68. The van der Waals surface area contributed by atoms with E-state index in [9.17, 15) is 4.79 Å². The van der Waals surface area contributed by atoms with Gasteiger partial charge < -0.3 is 5.73 Å². The van der Waals surface area contributed by atoms with Crippen molar-refractivity contribution in [1.82, 2.24) is 4.98 Å². The van der Waals surface area contributed by atoms with Gasteiger partial charge in [0.2, 0.25) is 0 Å². The van der Waals surface area contributed by atoms with Crippen LogP contribution in [0.15, 0.2) is 22.7 Å². The number of nitrogens with zero attached hydrogens (tertiary/aromatic N) is 1. The van der Waals surface area contributed by atoms with Crippen LogP contribution in [0.5, 0.6) is 0 Å². The lowest BCUT2D eigenvalue weighted by molar-refractivity contribution is 0.102. The number of nitrogens with one attached hydrogen (secondary N) is 1. The first kappa shape index (κ1) is 14.0. The Kier molecular flexibility index (Phi) is 4.21. The average molecular weight is 340 g/mol. The van der Waals surface area contributed by atoms with Crippen LogP contribution in [0.1, 0.15) is 27.9 Å². The van der Waals surface area contributed by atoms with Gasteiger partial charge in [-0.2, -0.15) is 0 Å². The summed E-state index contributed by atoms with van der Waals surface area (Å²) in [6.45, 7) is 4.05. The number of halogens is 1. The first-order valence-electron chi connectivity index (χ1n) is 5.84. The number of nitrogens with two attached hydrogens (primary N) is 1. The van der Waals surface area contributed by atoms with E-state index in [4.69, 9.17) is 5.73 Å². The molecular weight excluding hydrogens is 326 g/mol. The third-order valence-corrected chi connectivity index (χ3v) is 4.30. The standard InChI is InChI=1S/C13H14BrN3OS/c1-3-11-7(2)19-13(16-11)17-12(18)9-6-8(15)4-5-10(9)14/h4-6H,3,15H2,1-2H3,(H,16,17,18). The smallest absolute Gasteiger partial charge is 0.258 e. The molecule has 0 aliphatic heterocycles. The maximum absolute atomic E-state index is 12.2. The molecule has 2 rings (SSSR count). The molecule has 1 aromatic heterocycles. The fraction of sp³-hybridized carbons (Fsp3) is 0.231. The number of hydrogen-bond donors (Lipinski definition) is 2. The number of amides is 1. The Labute approximate surface area is 124 Å². The van der Waals surface area contributed by atoms with Crippen molar-refractivity contribution in [1.29, 1.82) is 0 Å². The van der Waals surface area contributed by atoms with Crippen LogP contribution in [-0.2, 0) is 6.42 Å². The lowest BCUT2D eigenvalue weighted by atomic mass is 10.2. The van der Waals surface area contributed by atoms with Crippen LogP contribution in [0.3, 0.4) is 0 Å². The van der Waals surface area contributed by atoms with E-state index in [1.807, 2.05) is 13.8 Å². The molecule has 0 unspecified atom stereocenters. The summed E-state index contributed by atoms with van der Waals surface area (Å²) in [5.74, 6) is -0.212. The number of rotatable bonds is 3. The van der Waals surface area contributed by atoms with Crippen LogP contribution in [0.25, 0.3) is 0 Å². The molecule has 1 amide bonds. The highest BCUT2D eigenvalue weighted by Crippen LogP contribution is 2.25. The van der Waals surface area contributed by atoms with E-state index < -0.39 is 0 Å². The summed E-state index contributed by atoms with van der Waals surface area (Å²) in [6.07, 6.45) is 0.861. The van der Waals surface area contributed by atoms with Gasteiger partial charge in [0.05, 0.1) is 11.3 Å². The zero-order valence-electron chi connectivity index (χ0n) is 10.7. The molecule has 0 radical (unpaired) electrons. The van der Waals surface area contributed by atoms with Crippen LogP contribution in [0, 0.1) is 6.92 Å². The molecule has 0 spiro atoms. The summed E-state index contributed by atoms with van der Waals surface area (Å²) in [7, 11) is 0. The summed E-state index contributed by atoms with van der Waals surface area (Å²) in [6, 6.07) is 5.14. The molecule has 0 saturated carbocycles. The Morgan fingerprint density at radius 3 is 2.89 bits per heavy atom. The first-order chi connectivity index (χ1) is 9.01. The normalized spacial score (nSPS) is 10.5. The van der Waals surface area contributed by atoms with Crippen molar-refractivity contribution in [3.05, 3.63) is 38.8 Å². The zero-order chi connectivity index (χ0) is 14.0. The van der Waals surface area contributed by atoms with Crippen molar-refractivity contribution < 1.29 is 4.79 Å². The number of hydrogen-bond acceptors (Lipinski definition) is 4. The molecule has 0 bridgehead atoms. The van der Waals surface area contributed by atoms with Crippen molar-refractivity contribution in [2.45, 2.75) is 20.3 Å². The van der Waals surface area contributed by atoms with E-state index in [0.717, 1.165) is 17.0 Å². The summed E-state index contributed by atoms with van der Waals surface area (Å²) in [5, 5.41) is 3.42. The molecule has 0 aliphatic carbocycles. The predicted molar refractivity (Wildman–Crippen MR) is 82.7 cm³/mol. The molecule has 100 valence electrons. The van der Waals surface area contributed by atoms with Crippen molar-refractivity contribution >= 4 is 44.0 Å². The van der Waals surface area contributed by atoms with Crippen molar-refractivity contribution in [3.8, 4) is 0 Å². The van der Waals surface area contributed by atoms with Gasteiger partial charge >= 0.3 is 0 Å². The summed E-state index contributed by atoms with van der Waals surface area (Å²) in [4.78, 5) is 17.7. The summed E-state index contributed by atoms with van der Waals surface area (Å²) < 4.78 is 0.711. The van der Waals surface area contributed by atoms with Gasteiger partial charge in [-0.05, 0) is 47.5 Å². The molecule has 19 heavy (non-hydrogen) atoms. The topological polar surface area (TPSA) is 68.0 Å². The number of anilines is 2. The second-order valence-electron chi connectivity index (χ2n) is 4.07. The minimum absolute atomic E-state index is 0.212. The highest BCUT2D eigenvalue weighted by Gasteiger charge is 2.13. The molecule has 0 aliphatic rings. The molecule has 4 nitrogen and oxygen atoms in total. The highest BCUT2D eigenvalue weighted by atomic mass is 79.9. The van der Waals surface area contributed by atoms with Crippen LogP contribution in [-0.4, -0.2) is 10.9 Å². The Morgan fingerprint density at radius 1 is 1.53 bits per heavy atom. The van der Waals surface area contributed by atoms with Crippen molar-refractivity contribution in [3.63, 3.8) is 0 Å². The molecule has 0 fully saturated rings.